The SMILES string of the molecule is Cc1ccc(CNc2c(N)ccc(Cl)c2F)o1. The third-order valence-corrected chi connectivity index (χ3v) is 2.65. The lowest BCUT2D eigenvalue weighted by Crippen LogP contribution is -2.04. The van der Waals surface area contributed by atoms with Crippen LogP contribution >= 0.6 is 11.6 Å². The van der Waals surface area contributed by atoms with Crippen LogP contribution in [0.4, 0.5) is 15.8 Å². The molecule has 0 spiro atoms. The first-order valence-corrected chi connectivity index (χ1v) is 5.48. The van der Waals surface area contributed by atoms with Gasteiger partial charge in [-0.3, -0.25) is 0 Å². The summed E-state index contributed by atoms with van der Waals surface area (Å²) < 4.78 is 19.0. The Balaban J connectivity index is 2.16. The van der Waals surface area contributed by atoms with Gasteiger partial charge in [0.15, 0.2) is 5.82 Å². The minimum atomic E-state index is -0.546. The average molecular weight is 255 g/mol. The fourth-order valence-corrected chi connectivity index (χ4v) is 1.66. The number of nitrogen functional groups attached to an aromatic ring is 1. The van der Waals surface area contributed by atoms with Crippen LogP contribution in [0.5, 0.6) is 0 Å². The van der Waals surface area contributed by atoms with Gasteiger partial charge in [-0.25, -0.2) is 4.39 Å². The molecule has 0 atom stereocenters. The van der Waals surface area contributed by atoms with Crippen molar-refractivity contribution >= 4 is 23.0 Å². The van der Waals surface area contributed by atoms with E-state index in [9.17, 15) is 4.39 Å². The predicted molar refractivity (Wildman–Crippen MR) is 66.6 cm³/mol. The minimum Gasteiger partial charge on any atom is -0.465 e. The van der Waals surface area contributed by atoms with E-state index in [1.807, 2.05) is 19.1 Å². The molecule has 17 heavy (non-hydrogen) atoms. The number of nitrogens with one attached hydrogen (secondary N) is 1. The van der Waals surface area contributed by atoms with Crippen molar-refractivity contribution in [3.63, 3.8) is 0 Å². The summed E-state index contributed by atoms with van der Waals surface area (Å²) in [4.78, 5) is 0. The normalized spacial score (nSPS) is 10.5. The summed E-state index contributed by atoms with van der Waals surface area (Å²) in [6.07, 6.45) is 0. The lowest BCUT2D eigenvalue weighted by molar-refractivity contribution is 0.490. The summed E-state index contributed by atoms with van der Waals surface area (Å²) in [6.45, 7) is 2.20. The Kier molecular flexibility index (Phi) is 3.24. The predicted octanol–water partition coefficient (Wildman–Crippen LogP) is 3.57. The van der Waals surface area contributed by atoms with Crippen LogP contribution in [0.3, 0.4) is 0 Å². The van der Waals surface area contributed by atoms with Gasteiger partial charge in [-0.05, 0) is 31.2 Å². The molecule has 0 aliphatic carbocycles. The Morgan fingerprint density at radius 1 is 1.35 bits per heavy atom. The molecular weight excluding hydrogens is 243 g/mol. The zero-order valence-corrected chi connectivity index (χ0v) is 10.0. The highest BCUT2D eigenvalue weighted by Crippen LogP contribution is 2.28. The summed E-state index contributed by atoms with van der Waals surface area (Å²) in [5, 5.41) is 2.91. The second kappa shape index (κ2) is 4.67. The summed E-state index contributed by atoms with van der Waals surface area (Å²) in [7, 11) is 0. The van der Waals surface area contributed by atoms with E-state index in [1.54, 1.807) is 6.07 Å². The number of halogens is 2. The van der Waals surface area contributed by atoms with Crippen LogP contribution < -0.4 is 11.1 Å². The van der Waals surface area contributed by atoms with E-state index < -0.39 is 5.82 Å². The van der Waals surface area contributed by atoms with Gasteiger partial charge in [0.2, 0.25) is 0 Å². The molecule has 0 radical (unpaired) electrons. The third kappa shape index (κ3) is 2.53. The fraction of sp³-hybridized carbons (Fsp3) is 0.167. The average Bonchev–Trinajstić information content (AvgIpc) is 2.70. The Morgan fingerprint density at radius 2 is 2.12 bits per heavy atom. The molecule has 0 unspecified atom stereocenters. The lowest BCUT2D eigenvalue weighted by Gasteiger charge is -2.10. The highest BCUT2D eigenvalue weighted by atomic mass is 35.5. The molecule has 0 bridgehead atoms. The largest absolute Gasteiger partial charge is 0.465 e. The maximum atomic E-state index is 13.7. The standard InChI is InChI=1S/C12H12ClFN2O/c1-7-2-3-8(17-7)6-16-12-10(15)5-4-9(13)11(12)14/h2-5,16H,6,15H2,1H3. The molecule has 0 amide bonds. The molecule has 0 saturated carbocycles. The molecule has 1 aromatic heterocycles. The van der Waals surface area contributed by atoms with Gasteiger partial charge >= 0.3 is 0 Å². The van der Waals surface area contributed by atoms with Crippen LogP contribution in [0.25, 0.3) is 0 Å². The molecule has 0 aliphatic heterocycles. The van der Waals surface area contributed by atoms with Crippen LogP contribution in [0.2, 0.25) is 5.02 Å². The van der Waals surface area contributed by atoms with Crippen molar-refractivity contribution in [1.82, 2.24) is 0 Å². The van der Waals surface area contributed by atoms with Gasteiger partial charge in [0.25, 0.3) is 0 Å². The van der Waals surface area contributed by atoms with Crippen molar-refractivity contribution < 1.29 is 8.81 Å². The van der Waals surface area contributed by atoms with Crippen LogP contribution in [0.15, 0.2) is 28.7 Å². The van der Waals surface area contributed by atoms with Crippen molar-refractivity contribution in [3.8, 4) is 0 Å². The van der Waals surface area contributed by atoms with Gasteiger partial charge in [0.1, 0.15) is 11.5 Å². The number of nitrogens with two attached hydrogens (primary N) is 1. The van der Waals surface area contributed by atoms with Gasteiger partial charge in [0.05, 0.1) is 22.9 Å². The second-order valence-corrected chi connectivity index (χ2v) is 4.10. The summed E-state index contributed by atoms with van der Waals surface area (Å²) >= 11 is 5.68. The van der Waals surface area contributed by atoms with Gasteiger partial charge in [-0.15, -0.1) is 0 Å². The molecule has 1 heterocycles. The Hall–Kier alpha value is -1.68. The smallest absolute Gasteiger partial charge is 0.166 e. The zero-order chi connectivity index (χ0) is 12.4. The fourth-order valence-electron chi connectivity index (χ4n) is 1.50. The first-order chi connectivity index (χ1) is 8.08. The van der Waals surface area contributed by atoms with Gasteiger partial charge < -0.3 is 15.5 Å². The monoisotopic (exact) mass is 254 g/mol. The van der Waals surface area contributed by atoms with Gasteiger partial charge in [-0.1, -0.05) is 11.6 Å². The van der Waals surface area contributed by atoms with E-state index in [2.05, 4.69) is 5.32 Å². The Morgan fingerprint density at radius 3 is 2.76 bits per heavy atom. The van der Waals surface area contributed by atoms with Gasteiger partial charge in [0, 0.05) is 0 Å². The zero-order valence-electron chi connectivity index (χ0n) is 9.26. The molecule has 90 valence electrons. The number of furan rings is 1. The third-order valence-electron chi connectivity index (χ3n) is 2.36. The Bertz CT molecular complexity index is 539. The molecule has 0 fully saturated rings. The molecule has 3 nitrogen and oxygen atoms in total. The number of hydrogen-bond donors (Lipinski definition) is 2. The highest BCUT2D eigenvalue weighted by Gasteiger charge is 2.10. The van der Waals surface area contributed by atoms with Crippen LogP contribution in [-0.2, 0) is 6.54 Å². The first kappa shape index (κ1) is 11.8. The van der Waals surface area contributed by atoms with E-state index in [0.717, 1.165) is 5.76 Å². The molecule has 2 aromatic rings. The van der Waals surface area contributed by atoms with Crippen LogP contribution in [0.1, 0.15) is 11.5 Å². The molecule has 5 heteroatoms. The van der Waals surface area contributed by atoms with E-state index in [4.69, 9.17) is 21.8 Å². The minimum absolute atomic E-state index is 0.0392. The van der Waals surface area contributed by atoms with E-state index >= 15 is 0 Å². The molecular formula is C12H12ClFN2O. The number of aryl methyl sites for hydroxylation is 1. The maximum Gasteiger partial charge on any atom is 0.166 e. The van der Waals surface area contributed by atoms with Crippen molar-refractivity contribution in [2.75, 3.05) is 11.1 Å². The maximum absolute atomic E-state index is 13.7. The molecule has 1 aromatic carbocycles. The molecule has 0 saturated heterocycles. The highest BCUT2D eigenvalue weighted by molar-refractivity contribution is 6.31. The van der Waals surface area contributed by atoms with Gasteiger partial charge in [-0.2, -0.15) is 0 Å². The van der Waals surface area contributed by atoms with E-state index in [1.165, 1.54) is 6.07 Å². The number of rotatable bonds is 3. The topological polar surface area (TPSA) is 51.2 Å². The molecule has 0 aliphatic rings. The van der Waals surface area contributed by atoms with E-state index in [-0.39, 0.29) is 10.7 Å². The van der Waals surface area contributed by atoms with Crippen molar-refractivity contribution in [2.45, 2.75) is 13.5 Å². The van der Waals surface area contributed by atoms with Crippen molar-refractivity contribution in [2.24, 2.45) is 0 Å². The van der Waals surface area contributed by atoms with Crippen molar-refractivity contribution in [1.29, 1.82) is 0 Å². The van der Waals surface area contributed by atoms with E-state index in [0.29, 0.717) is 18.0 Å². The second-order valence-electron chi connectivity index (χ2n) is 3.69. The quantitative estimate of drug-likeness (QED) is 0.824. The number of benzene rings is 1. The summed E-state index contributed by atoms with van der Waals surface area (Å²) in [6, 6.07) is 6.64. The summed E-state index contributed by atoms with van der Waals surface area (Å²) in [5.74, 6) is 0.970. The molecule has 3 N–H and O–H groups in total. The van der Waals surface area contributed by atoms with Crippen molar-refractivity contribution in [3.05, 3.63) is 46.6 Å². The van der Waals surface area contributed by atoms with Crippen LogP contribution in [-0.4, -0.2) is 0 Å². The Labute approximate surface area is 103 Å². The lowest BCUT2D eigenvalue weighted by atomic mass is 10.2. The molecule has 2 rings (SSSR count). The number of hydrogen-bond acceptors (Lipinski definition) is 3. The van der Waals surface area contributed by atoms with Crippen LogP contribution in [0, 0.1) is 12.7 Å². The first-order valence-electron chi connectivity index (χ1n) is 5.10. The number of anilines is 2. The summed E-state index contributed by atoms with van der Waals surface area (Å²) in [5.41, 5.74) is 6.18.